The Morgan fingerprint density at radius 3 is 2.67 bits per heavy atom. The van der Waals surface area contributed by atoms with Crippen LogP contribution in [0, 0.1) is 0 Å². The molecule has 1 fully saturated rings. The monoisotopic (exact) mass is 404 g/mol. The minimum atomic E-state index is -3.75. The van der Waals surface area contributed by atoms with Crippen LogP contribution in [0.25, 0.3) is 0 Å². The Balaban J connectivity index is 0.00000288. The van der Waals surface area contributed by atoms with Gasteiger partial charge in [0.25, 0.3) is 0 Å². The molecule has 1 aromatic carbocycles. The summed E-state index contributed by atoms with van der Waals surface area (Å²) in [4.78, 5) is -0.0342. The second-order valence-corrected chi connectivity index (χ2v) is 7.61. The van der Waals surface area contributed by atoms with Gasteiger partial charge in [0.2, 0.25) is 10.0 Å². The van der Waals surface area contributed by atoms with Crippen molar-refractivity contribution in [1.82, 2.24) is 4.31 Å². The normalized spacial score (nSPS) is 19.1. The third-order valence-electron chi connectivity index (χ3n) is 3.80. The molecule has 1 atom stereocenters. The molecule has 1 saturated heterocycles. The molecule has 1 heterocycles. The van der Waals surface area contributed by atoms with E-state index in [2.05, 4.69) is 4.74 Å². The molecule has 0 aromatic heterocycles. The first-order valence-corrected chi connectivity index (χ1v) is 9.14. The van der Waals surface area contributed by atoms with E-state index in [0.29, 0.717) is 19.5 Å². The molecule has 1 aromatic rings. The van der Waals surface area contributed by atoms with E-state index in [1.165, 1.54) is 10.4 Å². The van der Waals surface area contributed by atoms with Gasteiger partial charge in [-0.1, -0.05) is 18.0 Å². The van der Waals surface area contributed by atoms with E-state index in [-0.39, 0.29) is 34.1 Å². The van der Waals surface area contributed by atoms with Gasteiger partial charge in [-0.25, -0.2) is 8.42 Å². The third-order valence-corrected chi connectivity index (χ3v) is 6.04. The Bertz CT molecular complexity index is 645. The first kappa shape index (κ1) is 21.4. The Labute approximate surface area is 151 Å². The summed E-state index contributed by atoms with van der Waals surface area (Å²) >= 11 is 5.85. The average Bonchev–Trinajstić information content (AvgIpc) is 2.49. The number of hydrogen-bond acceptors (Lipinski definition) is 4. The van der Waals surface area contributed by atoms with Crippen molar-refractivity contribution in [2.24, 2.45) is 5.73 Å². The molecule has 2 rings (SSSR count). The number of nitrogens with two attached hydrogens (primary N) is 1. The lowest BCUT2D eigenvalue weighted by atomic mass is 10.0. The zero-order valence-corrected chi connectivity index (χ0v) is 15.2. The maximum atomic E-state index is 12.8. The highest BCUT2D eigenvalue weighted by Gasteiger charge is 2.33. The maximum absolute atomic E-state index is 12.8. The number of halogens is 4. The molecule has 1 unspecified atom stereocenters. The zero-order chi connectivity index (χ0) is 17.0. The standard InChI is InChI=1S/C14H19ClF2N2O3S.ClH/c15-12-9-11(4-5-13(12)22-14(16)17)23(20,21)19-8-2-1-3-10(19)6-7-18;/h4-5,9-10,14H,1-3,6-8,18H2;1H. The first-order chi connectivity index (χ1) is 10.9. The van der Waals surface area contributed by atoms with Crippen LogP contribution >= 0.6 is 24.0 Å². The van der Waals surface area contributed by atoms with Gasteiger partial charge in [0, 0.05) is 12.6 Å². The summed E-state index contributed by atoms with van der Waals surface area (Å²) in [7, 11) is -3.75. The molecule has 138 valence electrons. The number of alkyl halides is 2. The summed E-state index contributed by atoms with van der Waals surface area (Å²) in [5, 5.41) is -0.168. The van der Waals surface area contributed by atoms with Crippen molar-refractivity contribution in [2.45, 2.75) is 43.2 Å². The number of rotatable bonds is 6. The predicted molar refractivity (Wildman–Crippen MR) is 90.5 cm³/mol. The number of benzene rings is 1. The van der Waals surface area contributed by atoms with Crippen LogP contribution in [0.4, 0.5) is 8.78 Å². The van der Waals surface area contributed by atoms with Gasteiger partial charge in [-0.05, 0) is 44.0 Å². The van der Waals surface area contributed by atoms with E-state index < -0.39 is 16.6 Å². The molecule has 24 heavy (non-hydrogen) atoms. The van der Waals surface area contributed by atoms with Crippen LogP contribution in [0.5, 0.6) is 5.75 Å². The fourth-order valence-corrected chi connectivity index (χ4v) is 4.78. The molecule has 10 heteroatoms. The molecule has 0 radical (unpaired) electrons. The third kappa shape index (κ3) is 4.92. The molecular formula is C14H20Cl2F2N2O3S. The van der Waals surface area contributed by atoms with Crippen molar-refractivity contribution in [2.75, 3.05) is 13.1 Å². The lowest BCUT2D eigenvalue weighted by Crippen LogP contribution is -2.44. The van der Waals surface area contributed by atoms with Gasteiger partial charge in [0.1, 0.15) is 5.75 Å². The Kier molecular flexibility index (Phi) is 8.14. The van der Waals surface area contributed by atoms with E-state index in [0.717, 1.165) is 31.4 Å². The predicted octanol–water partition coefficient (Wildman–Crippen LogP) is 3.26. The van der Waals surface area contributed by atoms with Crippen molar-refractivity contribution >= 4 is 34.0 Å². The van der Waals surface area contributed by atoms with Gasteiger partial charge in [0.05, 0.1) is 9.92 Å². The van der Waals surface area contributed by atoms with Crippen LogP contribution in [0.3, 0.4) is 0 Å². The number of hydrogen-bond donors (Lipinski definition) is 1. The van der Waals surface area contributed by atoms with Crippen molar-refractivity contribution in [1.29, 1.82) is 0 Å². The lowest BCUT2D eigenvalue weighted by Gasteiger charge is -2.34. The SMILES string of the molecule is Cl.NCCC1CCCCN1S(=O)(=O)c1ccc(OC(F)F)c(Cl)c1. The van der Waals surface area contributed by atoms with E-state index in [1.807, 2.05) is 0 Å². The molecular weight excluding hydrogens is 385 g/mol. The Morgan fingerprint density at radius 2 is 2.08 bits per heavy atom. The summed E-state index contributed by atoms with van der Waals surface area (Å²) in [5.41, 5.74) is 5.56. The molecule has 0 saturated carbocycles. The zero-order valence-electron chi connectivity index (χ0n) is 12.8. The molecule has 1 aliphatic rings. The summed E-state index contributed by atoms with van der Waals surface area (Å²) in [5.74, 6) is -0.252. The van der Waals surface area contributed by atoms with Crippen molar-refractivity contribution in [3.05, 3.63) is 23.2 Å². The van der Waals surface area contributed by atoms with Crippen LogP contribution in [-0.4, -0.2) is 38.5 Å². The Hall–Kier alpha value is -0.670. The molecule has 0 amide bonds. The fraction of sp³-hybridized carbons (Fsp3) is 0.571. The number of sulfonamides is 1. The van der Waals surface area contributed by atoms with E-state index in [4.69, 9.17) is 17.3 Å². The summed E-state index contributed by atoms with van der Waals surface area (Å²) in [6, 6.07) is 3.37. The molecule has 0 bridgehead atoms. The van der Waals surface area contributed by atoms with Gasteiger partial charge in [-0.15, -0.1) is 12.4 Å². The summed E-state index contributed by atoms with van der Waals surface area (Å²) in [6.45, 7) is -2.20. The Morgan fingerprint density at radius 1 is 1.38 bits per heavy atom. The number of piperidine rings is 1. The van der Waals surface area contributed by atoms with Crippen molar-refractivity contribution < 1.29 is 21.9 Å². The second-order valence-electron chi connectivity index (χ2n) is 5.31. The highest BCUT2D eigenvalue weighted by Crippen LogP contribution is 2.32. The van der Waals surface area contributed by atoms with Crippen LogP contribution < -0.4 is 10.5 Å². The average molecular weight is 405 g/mol. The highest BCUT2D eigenvalue weighted by atomic mass is 35.5. The molecule has 0 spiro atoms. The van der Waals surface area contributed by atoms with Crippen LogP contribution in [0.15, 0.2) is 23.1 Å². The van der Waals surface area contributed by atoms with Crippen LogP contribution in [0.1, 0.15) is 25.7 Å². The van der Waals surface area contributed by atoms with Gasteiger partial charge in [-0.3, -0.25) is 0 Å². The quantitative estimate of drug-likeness (QED) is 0.789. The van der Waals surface area contributed by atoms with E-state index in [9.17, 15) is 17.2 Å². The lowest BCUT2D eigenvalue weighted by molar-refractivity contribution is -0.0498. The number of nitrogens with zero attached hydrogens (tertiary/aromatic N) is 1. The smallest absolute Gasteiger partial charge is 0.387 e. The number of ether oxygens (including phenoxy) is 1. The second kappa shape index (κ2) is 9.15. The minimum Gasteiger partial charge on any atom is -0.433 e. The van der Waals surface area contributed by atoms with Crippen LogP contribution in [-0.2, 0) is 10.0 Å². The van der Waals surface area contributed by atoms with Crippen molar-refractivity contribution in [3.8, 4) is 5.75 Å². The first-order valence-electron chi connectivity index (χ1n) is 7.32. The largest absolute Gasteiger partial charge is 0.433 e. The summed E-state index contributed by atoms with van der Waals surface area (Å²) in [6.07, 6.45) is 3.08. The van der Waals surface area contributed by atoms with Crippen molar-refractivity contribution in [3.63, 3.8) is 0 Å². The highest BCUT2D eigenvalue weighted by molar-refractivity contribution is 7.89. The topological polar surface area (TPSA) is 72.6 Å². The van der Waals surface area contributed by atoms with Crippen LogP contribution in [0.2, 0.25) is 5.02 Å². The van der Waals surface area contributed by atoms with Gasteiger partial charge >= 0.3 is 6.61 Å². The maximum Gasteiger partial charge on any atom is 0.387 e. The minimum absolute atomic E-state index is 0. The van der Waals surface area contributed by atoms with Gasteiger partial charge < -0.3 is 10.5 Å². The molecule has 5 nitrogen and oxygen atoms in total. The van der Waals surface area contributed by atoms with Gasteiger partial charge in [0.15, 0.2) is 0 Å². The van der Waals surface area contributed by atoms with Gasteiger partial charge in [-0.2, -0.15) is 13.1 Å². The van der Waals surface area contributed by atoms with E-state index >= 15 is 0 Å². The van der Waals surface area contributed by atoms with E-state index in [1.54, 1.807) is 0 Å². The fourth-order valence-electron chi connectivity index (χ4n) is 2.74. The molecule has 1 aliphatic heterocycles. The summed E-state index contributed by atoms with van der Waals surface area (Å²) < 4.78 is 55.7. The molecule has 2 N–H and O–H groups in total. The molecule has 0 aliphatic carbocycles.